The Kier molecular flexibility index (Phi) is 2.22. The zero-order valence-electron chi connectivity index (χ0n) is 8.95. The molecule has 0 spiro atoms. The standard InChI is InChI=1S/C12H11FO3/c1-12(2,11(14)15)9-6-16-10-5-7(13)3-4-8(9)10/h3-6H,1-2H3,(H,14,15). The Morgan fingerprint density at radius 2 is 2.12 bits per heavy atom. The lowest BCUT2D eigenvalue weighted by molar-refractivity contribution is -0.142. The Hall–Kier alpha value is -1.84. The van der Waals surface area contributed by atoms with Crippen molar-refractivity contribution in [1.29, 1.82) is 0 Å². The number of fused-ring (bicyclic) bond motifs is 1. The van der Waals surface area contributed by atoms with Crippen molar-refractivity contribution in [2.75, 3.05) is 0 Å². The minimum absolute atomic E-state index is 0.365. The maximum absolute atomic E-state index is 12.9. The number of rotatable bonds is 2. The van der Waals surface area contributed by atoms with Gasteiger partial charge in [0, 0.05) is 17.0 Å². The summed E-state index contributed by atoms with van der Waals surface area (Å²) >= 11 is 0. The summed E-state index contributed by atoms with van der Waals surface area (Å²) in [6.45, 7) is 3.17. The number of halogens is 1. The maximum atomic E-state index is 12.9. The third kappa shape index (κ3) is 1.46. The summed E-state index contributed by atoms with van der Waals surface area (Å²) in [4.78, 5) is 11.1. The molecule has 2 aromatic rings. The summed E-state index contributed by atoms with van der Waals surface area (Å²) in [6.07, 6.45) is 1.37. The number of benzene rings is 1. The zero-order chi connectivity index (χ0) is 11.9. The molecule has 2 rings (SSSR count). The van der Waals surface area contributed by atoms with Gasteiger partial charge < -0.3 is 9.52 Å². The molecule has 0 saturated carbocycles. The van der Waals surface area contributed by atoms with E-state index in [1.165, 1.54) is 24.5 Å². The summed E-state index contributed by atoms with van der Waals surface area (Å²) in [7, 11) is 0. The largest absolute Gasteiger partial charge is 0.481 e. The lowest BCUT2D eigenvalue weighted by Crippen LogP contribution is -2.28. The maximum Gasteiger partial charge on any atom is 0.313 e. The van der Waals surface area contributed by atoms with E-state index < -0.39 is 17.2 Å². The van der Waals surface area contributed by atoms with Gasteiger partial charge in [-0.1, -0.05) is 0 Å². The molecule has 0 fully saturated rings. The molecule has 4 heteroatoms. The van der Waals surface area contributed by atoms with Crippen molar-refractivity contribution in [3.63, 3.8) is 0 Å². The van der Waals surface area contributed by atoms with Crippen LogP contribution in [-0.2, 0) is 10.2 Å². The number of aliphatic carboxylic acids is 1. The first-order valence-electron chi connectivity index (χ1n) is 4.83. The van der Waals surface area contributed by atoms with Crippen LogP contribution in [0.1, 0.15) is 19.4 Å². The van der Waals surface area contributed by atoms with E-state index in [2.05, 4.69) is 0 Å². The first-order valence-corrected chi connectivity index (χ1v) is 4.83. The zero-order valence-corrected chi connectivity index (χ0v) is 8.95. The Morgan fingerprint density at radius 1 is 1.44 bits per heavy atom. The van der Waals surface area contributed by atoms with Crippen LogP contribution in [-0.4, -0.2) is 11.1 Å². The molecule has 1 heterocycles. The SMILES string of the molecule is CC(C)(C(=O)O)c1coc2cc(F)ccc12. The van der Waals surface area contributed by atoms with E-state index >= 15 is 0 Å². The van der Waals surface area contributed by atoms with Crippen LogP contribution >= 0.6 is 0 Å². The predicted molar refractivity (Wildman–Crippen MR) is 56.8 cm³/mol. The highest BCUT2D eigenvalue weighted by Gasteiger charge is 2.32. The molecule has 0 aliphatic carbocycles. The topological polar surface area (TPSA) is 50.4 Å². The molecule has 3 nitrogen and oxygen atoms in total. The molecule has 0 bridgehead atoms. The molecule has 84 valence electrons. The third-order valence-electron chi connectivity index (χ3n) is 2.75. The monoisotopic (exact) mass is 222 g/mol. The smallest absolute Gasteiger partial charge is 0.313 e. The summed E-state index contributed by atoms with van der Waals surface area (Å²) < 4.78 is 18.1. The van der Waals surface area contributed by atoms with Crippen LogP contribution in [0.4, 0.5) is 4.39 Å². The van der Waals surface area contributed by atoms with Gasteiger partial charge in [-0.2, -0.15) is 0 Å². The van der Waals surface area contributed by atoms with Crippen LogP contribution in [0.3, 0.4) is 0 Å². The van der Waals surface area contributed by atoms with Crippen molar-refractivity contribution < 1.29 is 18.7 Å². The van der Waals surface area contributed by atoms with Crippen molar-refractivity contribution in [3.05, 3.63) is 35.8 Å². The summed E-state index contributed by atoms with van der Waals surface area (Å²) in [5, 5.41) is 9.74. The molecule has 0 radical (unpaired) electrons. The fraction of sp³-hybridized carbons (Fsp3) is 0.250. The second-order valence-corrected chi connectivity index (χ2v) is 4.22. The van der Waals surface area contributed by atoms with Gasteiger partial charge in [0.25, 0.3) is 0 Å². The van der Waals surface area contributed by atoms with Crippen LogP contribution in [0.2, 0.25) is 0 Å². The molecule has 0 atom stereocenters. The highest BCUT2D eigenvalue weighted by atomic mass is 19.1. The molecule has 1 aromatic heterocycles. The molecular formula is C12H11FO3. The van der Waals surface area contributed by atoms with E-state index in [1.807, 2.05) is 0 Å². The lowest BCUT2D eigenvalue weighted by atomic mass is 9.85. The van der Waals surface area contributed by atoms with Crippen molar-refractivity contribution in [2.24, 2.45) is 0 Å². The van der Waals surface area contributed by atoms with E-state index in [0.29, 0.717) is 16.5 Å². The van der Waals surface area contributed by atoms with Gasteiger partial charge in [0.2, 0.25) is 0 Å². The summed E-state index contributed by atoms with van der Waals surface area (Å²) in [5.74, 6) is -1.35. The van der Waals surface area contributed by atoms with Gasteiger partial charge in [0.15, 0.2) is 0 Å². The Bertz CT molecular complexity index is 554. The van der Waals surface area contributed by atoms with E-state index in [1.54, 1.807) is 13.8 Å². The van der Waals surface area contributed by atoms with Gasteiger partial charge in [0.05, 0.1) is 11.7 Å². The quantitative estimate of drug-likeness (QED) is 0.849. The summed E-state index contributed by atoms with van der Waals surface area (Å²) in [6, 6.07) is 4.07. The van der Waals surface area contributed by atoms with Crippen LogP contribution in [0.25, 0.3) is 11.0 Å². The number of furan rings is 1. The van der Waals surface area contributed by atoms with Gasteiger partial charge in [0.1, 0.15) is 11.4 Å². The molecule has 1 aromatic carbocycles. The van der Waals surface area contributed by atoms with Gasteiger partial charge in [-0.05, 0) is 26.0 Å². The molecule has 16 heavy (non-hydrogen) atoms. The average molecular weight is 222 g/mol. The Labute approximate surface area is 91.5 Å². The normalized spacial score (nSPS) is 11.9. The van der Waals surface area contributed by atoms with Gasteiger partial charge in [-0.15, -0.1) is 0 Å². The highest BCUT2D eigenvalue weighted by Crippen LogP contribution is 2.32. The van der Waals surface area contributed by atoms with Crippen LogP contribution in [0.15, 0.2) is 28.9 Å². The minimum atomic E-state index is -1.05. The van der Waals surface area contributed by atoms with Crippen molar-refractivity contribution in [2.45, 2.75) is 19.3 Å². The van der Waals surface area contributed by atoms with Crippen LogP contribution in [0.5, 0.6) is 0 Å². The highest BCUT2D eigenvalue weighted by molar-refractivity contribution is 5.90. The van der Waals surface area contributed by atoms with Gasteiger partial charge in [-0.25, -0.2) is 4.39 Å². The number of hydrogen-bond acceptors (Lipinski definition) is 2. The average Bonchev–Trinajstić information content (AvgIpc) is 2.60. The Balaban J connectivity index is 2.67. The predicted octanol–water partition coefficient (Wildman–Crippen LogP) is 2.93. The lowest BCUT2D eigenvalue weighted by Gasteiger charge is -2.17. The fourth-order valence-corrected chi connectivity index (χ4v) is 1.60. The fourth-order valence-electron chi connectivity index (χ4n) is 1.60. The van der Waals surface area contributed by atoms with Gasteiger partial charge in [-0.3, -0.25) is 4.79 Å². The number of carboxylic acid groups (broad SMARTS) is 1. The summed E-state index contributed by atoms with van der Waals surface area (Å²) in [5.41, 5.74) is -0.136. The molecule has 0 aliphatic heterocycles. The van der Waals surface area contributed by atoms with Crippen molar-refractivity contribution in [1.82, 2.24) is 0 Å². The van der Waals surface area contributed by atoms with E-state index in [9.17, 15) is 9.18 Å². The second kappa shape index (κ2) is 3.33. The van der Waals surface area contributed by atoms with Crippen LogP contribution < -0.4 is 0 Å². The molecule has 0 aliphatic rings. The van der Waals surface area contributed by atoms with Gasteiger partial charge >= 0.3 is 5.97 Å². The number of carbonyl (C=O) groups is 1. The molecule has 0 unspecified atom stereocenters. The molecule has 0 saturated heterocycles. The van der Waals surface area contributed by atoms with Crippen LogP contribution in [0, 0.1) is 5.82 Å². The van der Waals surface area contributed by atoms with E-state index in [4.69, 9.17) is 9.52 Å². The molecule has 0 amide bonds. The van der Waals surface area contributed by atoms with E-state index in [0.717, 1.165) is 0 Å². The second-order valence-electron chi connectivity index (χ2n) is 4.22. The number of carboxylic acids is 1. The molecule has 1 N–H and O–H groups in total. The minimum Gasteiger partial charge on any atom is -0.481 e. The Morgan fingerprint density at radius 3 is 2.75 bits per heavy atom. The molecular weight excluding hydrogens is 211 g/mol. The first kappa shape index (κ1) is 10.7. The van der Waals surface area contributed by atoms with Crippen molar-refractivity contribution >= 4 is 16.9 Å². The first-order chi connectivity index (χ1) is 7.43. The number of hydrogen-bond donors (Lipinski definition) is 1. The third-order valence-corrected chi connectivity index (χ3v) is 2.75. The van der Waals surface area contributed by atoms with Crippen molar-refractivity contribution in [3.8, 4) is 0 Å². The van der Waals surface area contributed by atoms with E-state index in [-0.39, 0.29) is 0 Å².